The number of nitrogens with one attached hydrogen (secondary N) is 1. The minimum absolute atomic E-state index is 0.181. The maximum atomic E-state index is 13.6. The van der Waals surface area contributed by atoms with Crippen LogP contribution >= 0.6 is 0 Å². The normalized spacial score (nSPS) is 14.2. The quantitative estimate of drug-likeness (QED) is 0.417. The molecule has 0 saturated carbocycles. The van der Waals surface area contributed by atoms with Gasteiger partial charge in [-0.15, -0.1) is 5.10 Å². The highest BCUT2D eigenvalue weighted by Gasteiger charge is 2.23. The lowest BCUT2D eigenvalue weighted by Gasteiger charge is -2.35. The largest absolute Gasteiger partial charge is 0.352 e. The summed E-state index contributed by atoms with van der Waals surface area (Å²) in [7, 11) is 0. The van der Waals surface area contributed by atoms with Crippen LogP contribution in [0.5, 0.6) is 0 Å². The molecule has 8 heteroatoms. The zero-order valence-electron chi connectivity index (χ0n) is 20.0. The number of anilines is 2. The highest BCUT2D eigenvalue weighted by molar-refractivity contribution is 5.94. The number of halogens is 1. The predicted molar refractivity (Wildman–Crippen MR) is 140 cm³/mol. The summed E-state index contributed by atoms with van der Waals surface area (Å²) in [5.74, 6) is 0.289. The van der Waals surface area contributed by atoms with Gasteiger partial charge in [-0.3, -0.25) is 9.69 Å². The van der Waals surface area contributed by atoms with Crippen LogP contribution in [0, 0.1) is 5.82 Å². The maximum absolute atomic E-state index is 13.6. The van der Waals surface area contributed by atoms with Crippen LogP contribution in [0.2, 0.25) is 0 Å². The zero-order valence-corrected chi connectivity index (χ0v) is 20.0. The maximum Gasteiger partial charge on any atom is 0.238 e. The lowest BCUT2D eigenvalue weighted by Crippen LogP contribution is -2.49. The number of nitrogens with zero attached hydrogens (tertiary/aromatic N) is 4. The summed E-state index contributed by atoms with van der Waals surface area (Å²) >= 11 is 0. The summed E-state index contributed by atoms with van der Waals surface area (Å²) in [6.07, 6.45) is 0.731. The van der Waals surface area contributed by atoms with E-state index in [0.29, 0.717) is 24.3 Å². The molecule has 0 bridgehead atoms. The van der Waals surface area contributed by atoms with Crippen LogP contribution in [0.1, 0.15) is 16.8 Å². The number of rotatable bonds is 7. The second-order valence-corrected chi connectivity index (χ2v) is 9.00. The van der Waals surface area contributed by atoms with Gasteiger partial charge >= 0.3 is 0 Å². The van der Waals surface area contributed by atoms with E-state index in [-0.39, 0.29) is 19.0 Å². The Kier molecular flexibility index (Phi) is 7.16. The Balaban J connectivity index is 1.24. The van der Waals surface area contributed by atoms with Crippen LogP contribution in [-0.2, 0) is 17.8 Å². The molecule has 1 amide bonds. The van der Waals surface area contributed by atoms with Crippen molar-refractivity contribution in [1.82, 2.24) is 15.1 Å². The van der Waals surface area contributed by atoms with Gasteiger partial charge in [0.15, 0.2) is 5.82 Å². The van der Waals surface area contributed by atoms with Gasteiger partial charge in [0.1, 0.15) is 5.82 Å². The van der Waals surface area contributed by atoms with Crippen molar-refractivity contribution in [3.8, 4) is 0 Å². The first-order valence-corrected chi connectivity index (χ1v) is 12.1. The Morgan fingerprint density at radius 1 is 0.917 bits per heavy atom. The third kappa shape index (κ3) is 5.35. The molecular weight excluding hydrogens is 455 g/mol. The molecule has 2 heterocycles. The van der Waals surface area contributed by atoms with Crippen LogP contribution < -0.4 is 16.0 Å². The first kappa shape index (κ1) is 23.8. The van der Waals surface area contributed by atoms with E-state index in [1.165, 1.54) is 17.7 Å². The zero-order chi connectivity index (χ0) is 24.9. The number of piperazine rings is 1. The van der Waals surface area contributed by atoms with E-state index in [4.69, 9.17) is 5.73 Å². The SMILES string of the molecule is NCc1ccc(F)cc1NC(=O)CN1CCN(c2nnc(Cc3ccccc3)c3ccccc23)CC1. The van der Waals surface area contributed by atoms with Gasteiger partial charge in [-0.2, -0.15) is 5.10 Å². The average Bonchev–Trinajstić information content (AvgIpc) is 2.90. The first-order valence-electron chi connectivity index (χ1n) is 12.1. The molecule has 0 radical (unpaired) electrons. The summed E-state index contributed by atoms with van der Waals surface area (Å²) in [6.45, 7) is 3.35. The number of carbonyl (C=O) groups is 1. The Labute approximate surface area is 209 Å². The highest BCUT2D eigenvalue weighted by atomic mass is 19.1. The Hall–Kier alpha value is -3.88. The van der Waals surface area contributed by atoms with Crippen LogP contribution in [0.3, 0.4) is 0 Å². The van der Waals surface area contributed by atoms with Crippen molar-refractivity contribution in [2.24, 2.45) is 5.73 Å². The molecule has 0 unspecified atom stereocenters. The summed E-state index contributed by atoms with van der Waals surface area (Å²) in [5, 5.41) is 14.2. The van der Waals surface area contributed by atoms with Crippen LogP contribution in [0.25, 0.3) is 10.8 Å². The van der Waals surface area contributed by atoms with Crippen molar-refractivity contribution in [3.05, 3.63) is 95.4 Å². The van der Waals surface area contributed by atoms with E-state index in [0.717, 1.165) is 41.8 Å². The van der Waals surface area contributed by atoms with Gasteiger partial charge < -0.3 is 16.0 Å². The monoisotopic (exact) mass is 484 g/mol. The van der Waals surface area contributed by atoms with Gasteiger partial charge in [0, 0.05) is 55.6 Å². The number of nitrogens with two attached hydrogens (primary N) is 1. The van der Waals surface area contributed by atoms with Crippen molar-refractivity contribution < 1.29 is 9.18 Å². The molecule has 3 aromatic carbocycles. The summed E-state index contributed by atoms with van der Waals surface area (Å²) in [4.78, 5) is 16.9. The van der Waals surface area contributed by atoms with Gasteiger partial charge in [0.05, 0.1) is 12.2 Å². The Bertz CT molecular complexity index is 1360. The van der Waals surface area contributed by atoms with E-state index >= 15 is 0 Å². The molecule has 184 valence electrons. The molecule has 0 spiro atoms. The molecule has 1 fully saturated rings. The minimum atomic E-state index is -0.403. The van der Waals surface area contributed by atoms with Crippen molar-refractivity contribution >= 4 is 28.2 Å². The molecule has 1 aliphatic rings. The molecule has 36 heavy (non-hydrogen) atoms. The molecule has 0 aliphatic carbocycles. The number of aromatic nitrogens is 2. The molecule has 1 saturated heterocycles. The number of benzene rings is 3. The molecule has 4 aromatic rings. The lowest BCUT2D eigenvalue weighted by molar-refractivity contribution is -0.117. The molecule has 0 atom stereocenters. The van der Waals surface area contributed by atoms with Crippen LogP contribution in [0.15, 0.2) is 72.8 Å². The minimum Gasteiger partial charge on any atom is -0.352 e. The van der Waals surface area contributed by atoms with Gasteiger partial charge in [0.2, 0.25) is 5.91 Å². The Morgan fingerprint density at radius 2 is 1.64 bits per heavy atom. The fraction of sp³-hybridized carbons (Fsp3) is 0.250. The third-order valence-electron chi connectivity index (χ3n) is 6.56. The number of hydrogen-bond donors (Lipinski definition) is 2. The number of hydrogen-bond acceptors (Lipinski definition) is 6. The summed E-state index contributed by atoms with van der Waals surface area (Å²) < 4.78 is 13.6. The summed E-state index contributed by atoms with van der Waals surface area (Å²) in [6, 6.07) is 22.8. The van der Waals surface area contributed by atoms with E-state index in [1.807, 2.05) is 30.3 Å². The molecular formula is C28H29FN6O. The van der Waals surface area contributed by atoms with E-state index < -0.39 is 5.82 Å². The van der Waals surface area contributed by atoms with Crippen LogP contribution in [-0.4, -0.2) is 53.7 Å². The first-order chi connectivity index (χ1) is 17.6. The number of fused-ring (bicyclic) bond motifs is 1. The van der Waals surface area contributed by atoms with Crippen LogP contribution in [0.4, 0.5) is 15.9 Å². The second-order valence-electron chi connectivity index (χ2n) is 9.00. The van der Waals surface area contributed by atoms with Crippen molar-refractivity contribution in [2.45, 2.75) is 13.0 Å². The third-order valence-corrected chi connectivity index (χ3v) is 6.56. The molecule has 5 rings (SSSR count). The molecule has 3 N–H and O–H groups in total. The van der Waals surface area contributed by atoms with Gasteiger partial charge in [0.25, 0.3) is 0 Å². The number of carbonyl (C=O) groups excluding carboxylic acids is 1. The van der Waals surface area contributed by atoms with E-state index in [1.54, 1.807) is 6.07 Å². The Morgan fingerprint density at radius 3 is 2.39 bits per heavy atom. The average molecular weight is 485 g/mol. The second kappa shape index (κ2) is 10.8. The van der Waals surface area contributed by atoms with Gasteiger partial charge in [-0.25, -0.2) is 4.39 Å². The van der Waals surface area contributed by atoms with Crippen molar-refractivity contribution in [2.75, 3.05) is 42.9 Å². The smallest absolute Gasteiger partial charge is 0.238 e. The topological polar surface area (TPSA) is 87.4 Å². The lowest BCUT2D eigenvalue weighted by atomic mass is 10.0. The fourth-order valence-corrected chi connectivity index (χ4v) is 4.65. The van der Waals surface area contributed by atoms with Crippen molar-refractivity contribution in [1.29, 1.82) is 0 Å². The van der Waals surface area contributed by atoms with Gasteiger partial charge in [-0.1, -0.05) is 60.7 Å². The van der Waals surface area contributed by atoms with E-state index in [9.17, 15) is 9.18 Å². The van der Waals surface area contributed by atoms with E-state index in [2.05, 4.69) is 49.6 Å². The molecule has 1 aromatic heterocycles. The molecule has 7 nitrogen and oxygen atoms in total. The number of amides is 1. The molecule has 1 aliphatic heterocycles. The van der Waals surface area contributed by atoms with Gasteiger partial charge in [-0.05, 0) is 23.3 Å². The fourth-order valence-electron chi connectivity index (χ4n) is 4.65. The standard InChI is InChI=1S/C28H29FN6O/c29-22-11-10-21(18-30)25(17-22)31-27(36)19-34-12-14-35(15-13-34)28-24-9-5-4-8-23(24)26(32-33-28)16-20-6-2-1-3-7-20/h1-11,17H,12-16,18-19,30H2,(H,31,36). The predicted octanol–water partition coefficient (Wildman–Crippen LogP) is 3.58. The van der Waals surface area contributed by atoms with Crippen molar-refractivity contribution in [3.63, 3.8) is 0 Å². The highest BCUT2D eigenvalue weighted by Crippen LogP contribution is 2.28. The summed E-state index contributed by atoms with van der Waals surface area (Å²) in [5.41, 5.74) is 9.02.